The number of para-hydroxylation sites is 1. The lowest BCUT2D eigenvalue weighted by molar-refractivity contribution is -0.122. The summed E-state index contributed by atoms with van der Waals surface area (Å²) in [6.07, 6.45) is 3.71. The molecule has 1 atom stereocenters. The summed E-state index contributed by atoms with van der Waals surface area (Å²) in [4.78, 5) is 50.8. The molecular weight excluding hydrogens is 476 g/mol. The molecule has 11 heteroatoms. The molecule has 4 amide bonds. The lowest BCUT2D eigenvalue weighted by Crippen LogP contribution is -2.46. The van der Waals surface area contributed by atoms with E-state index in [1.54, 1.807) is 37.4 Å². The van der Waals surface area contributed by atoms with Crippen molar-refractivity contribution in [1.29, 1.82) is 0 Å². The van der Waals surface area contributed by atoms with Crippen molar-refractivity contribution in [2.75, 3.05) is 29.2 Å². The lowest BCUT2D eigenvalue weighted by Gasteiger charge is -2.29. The Morgan fingerprint density at radius 1 is 1.15 bits per heavy atom. The highest BCUT2D eigenvalue weighted by Crippen LogP contribution is 2.27. The molecule has 2 rings (SSSR count). The second kappa shape index (κ2) is 13.5. The summed E-state index contributed by atoms with van der Waals surface area (Å²) >= 11 is 2.40. The van der Waals surface area contributed by atoms with Crippen molar-refractivity contribution in [1.82, 2.24) is 16.2 Å². The number of amides is 4. The fourth-order valence-corrected chi connectivity index (χ4v) is 4.44. The Morgan fingerprint density at radius 2 is 1.88 bits per heavy atom. The fourth-order valence-electron chi connectivity index (χ4n) is 3.39. The molecule has 34 heavy (non-hydrogen) atoms. The number of rotatable bonds is 8. The predicted molar refractivity (Wildman–Crippen MR) is 137 cm³/mol. The molecule has 1 aliphatic rings. The van der Waals surface area contributed by atoms with E-state index in [4.69, 9.17) is 4.74 Å². The van der Waals surface area contributed by atoms with Gasteiger partial charge in [0.15, 0.2) is 0 Å². The topological polar surface area (TPSA) is 117 Å². The number of carbonyl (C=O) groups excluding carboxylic acids is 4. The average Bonchev–Trinajstić information content (AvgIpc) is 2.78. The number of ether oxygens (including phenoxy) is 1. The zero-order valence-corrected chi connectivity index (χ0v) is 21.8. The maximum absolute atomic E-state index is 12.6. The highest BCUT2D eigenvalue weighted by Gasteiger charge is 2.24. The molecule has 0 fully saturated rings. The summed E-state index contributed by atoms with van der Waals surface area (Å²) in [5.74, 6) is 0.106. The van der Waals surface area contributed by atoms with E-state index in [1.165, 1.54) is 0 Å². The monoisotopic (exact) mass is 510 g/mol. The van der Waals surface area contributed by atoms with Crippen LogP contribution in [0, 0.1) is 0 Å². The molecule has 1 heterocycles. The van der Waals surface area contributed by atoms with E-state index in [-0.39, 0.29) is 18.1 Å². The fraction of sp³-hybridized carbons (Fsp3) is 0.565. The molecule has 0 saturated heterocycles. The number of fused-ring (bicyclic) bond motifs is 1. The molecule has 0 aliphatic carbocycles. The second-order valence-electron chi connectivity index (χ2n) is 8.86. The smallest absolute Gasteiger partial charge is 0.407 e. The molecule has 0 spiro atoms. The molecule has 0 radical (unpaired) electrons. The van der Waals surface area contributed by atoms with Crippen LogP contribution in [0.3, 0.4) is 0 Å². The van der Waals surface area contributed by atoms with Crippen molar-refractivity contribution in [3.63, 3.8) is 0 Å². The quantitative estimate of drug-likeness (QED) is 0.459. The number of nitrogens with one attached hydrogen (secondary N) is 3. The third kappa shape index (κ3) is 9.84. The number of hydrogen-bond acceptors (Lipinski definition) is 7. The van der Waals surface area contributed by atoms with E-state index in [1.807, 2.05) is 30.5 Å². The van der Waals surface area contributed by atoms with Crippen molar-refractivity contribution in [2.45, 2.75) is 58.1 Å². The molecule has 0 saturated carbocycles. The van der Waals surface area contributed by atoms with Gasteiger partial charge in [0.05, 0.1) is 5.75 Å². The van der Waals surface area contributed by atoms with Crippen LogP contribution in [-0.2, 0) is 20.7 Å². The van der Waals surface area contributed by atoms with Crippen LogP contribution >= 0.6 is 23.5 Å². The maximum atomic E-state index is 12.6. The molecule has 9 nitrogen and oxygen atoms in total. The predicted octanol–water partition coefficient (Wildman–Crippen LogP) is 3.48. The Morgan fingerprint density at radius 3 is 2.59 bits per heavy atom. The minimum absolute atomic E-state index is 0.0196. The molecule has 0 unspecified atom stereocenters. The van der Waals surface area contributed by atoms with Crippen LogP contribution < -0.4 is 21.1 Å². The van der Waals surface area contributed by atoms with Gasteiger partial charge in [-0.1, -0.05) is 30.0 Å². The molecule has 188 valence electrons. The van der Waals surface area contributed by atoms with Gasteiger partial charge in [-0.25, -0.2) is 4.79 Å². The number of benzene rings is 1. The Bertz CT molecular complexity index is 875. The summed E-state index contributed by atoms with van der Waals surface area (Å²) in [6.45, 7) is 5.91. The van der Waals surface area contributed by atoms with Gasteiger partial charge in [-0.15, -0.1) is 0 Å². The molecule has 0 bridgehead atoms. The van der Waals surface area contributed by atoms with Gasteiger partial charge in [-0.2, -0.15) is 11.8 Å². The van der Waals surface area contributed by atoms with Crippen molar-refractivity contribution in [2.24, 2.45) is 0 Å². The van der Waals surface area contributed by atoms with Crippen molar-refractivity contribution in [3.05, 3.63) is 29.8 Å². The first-order chi connectivity index (χ1) is 16.1. The van der Waals surface area contributed by atoms with Crippen LogP contribution in [0.5, 0.6) is 0 Å². The number of aryl methyl sites for hydroxylation is 1. The molecule has 1 aromatic carbocycles. The van der Waals surface area contributed by atoms with Gasteiger partial charge in [0, 0.05) is 24.7 Å². The van der Waals surface area contributed by atoms with Crippen molar-refractivity contribution < 1.29 is 23.9 Å². The highest BCUT2D eigenvalue weighted by molar-refractivity contribution is 8.14. The van der Waals surface area contributed by atoms with Crippen LogP contribution in [0.2, 0.25) is 0 Å². The molecule has 1 aromatic rings. The van der Waals surface area contributed by atoms with Gasteiger partial charge in [-0.05, 0) is 63.7 Å². The van der Waals surface area contributed by atoms with Crippen LogP contribution in [0.25, 0.3) is 0 Å². The largest absolute Gasteiger partial charge is 0.444 e. The lowest BCUT2D eigenvalue weighted by atomic mass is 10.0. The van der Waals surface area contributed by atoms with E-state index < -0.39 is 28.9 Å². The van der Waals surface area contributed by atoms with Crippen LogP contribution in [0.15, 0.2) is 24.3 Å². The van der Waals surface area contributed by atoms with Gasteiger partial charge in [-0.3, -0.25) is 25.2 Å². The number of hydrogen-bond donors (Lipinski definition) is 3. The Kier molecular flexibility index (Phi) is 11.0. The SMILES string of the molecule is CSCC[C@H](CC(=O)NNC(=O)SCC(=O)N1CCCc2ccccc21)NC(=O)OC(C)(C)C. The molecule has 1 aliphatic heterocycles. The number of carbonyl (C=O) groups is 4. The first kappa shape index (κ1) is 27.8. The van der Waals surface area contributed by atoms with Gasteiger partial charge in [0.1, 0.15) is 5.60 Å². The third-order valence-electron chi connectivity index (χ3n) is 4.87. The minimum atomic E-state index is -0.644. The number of alkyl carbamates (subject to hydrolysis) is 1. The first-order valence-corrected chi connectivity index (χ1v) is 13.6. The van der Waals surface area contributed by atoms with Crippen LogP contribution in [0.4, 0.5) is 15.3 Å². The molecular formula is C23H34N4O5S2. The Hall–Kier alpha value is -2.40. The van der Waals surface area contributed by atoms with Crippen LogP contribution in [-0.4, -0.2) is 59.1 Å². The van der Waals surface area contributed by atoms with Crippen LogP contribution in [0.1, 0.15) is 45.6 Å². The number of anilines is 1. The minimum Gasteiger partial charge on any atom is -0.444 e. The van der Waals surface area contributed by atoms with E-state index in [9.17, 15) is 19.2 Å². The number of thioether (sulfide) groups is 2. The molecule has 0 aromatic heterocycles. The van der Waals surface area contributed by atoms with Crippen molar-refractivity contribution >= 4 is 52.4 Å². The second-order valence-corrected chi connectivity index (χ2v) is 10.8. The van der Waals surface area contributed by atoms with E-state index in [0.29, 0.717) is 13.0 Å². The maximum Gasteiger partial charge on any atom is 0.407 e. The standard InChI is InChI=1S/C23H34N4O5S2/c1-23(2,3)32-21(30)24-17(11-13-33-4)14-19(28)25-26-22(31)34-15-20(29)27-12-7-9-16-8-5-6-10-18(16)27/h5-6,8,10,17H,7,9,11-15H2,1-4H3,(H,24,30)(H,25,28)(H,26,31)/t17-/m1/s1. The van der Waals surface area contributed by atoms with Gasteiger partial charge in [0.25, 0.3) is 5.24 Å². The average molecular weight is 511 g/mol. The highest BCUT2D eigenvalue weighted by atomic mass is 32.2. The molecule has 3 N–H and O–H groups in total. The number of nitrogens with zero attached hydrogens (tertiary/aromatic N) is 1. The zero-order chi connectivity index (χ0) is 25.1. The zero-order valence-electron chi connectivity index (χ0n) is 20.1. The van der Waals surface area contributed by atoms with Gasteiger partial charge < -0.3 is 15.0 Å². The van der Waals surface area contributed by atoms with E-state index >= 15 is 0 Å². The van der Waals surface area contributed by atoms with Gasteiger partial charge >= 0.3 is 6.09 Å². The Balaban J connectivity index is 1.77. The van der Waals surface area contributed by atoms with Crippen molar-refractivity contribution in [3.8, 4) is 0 Å². The van der Waals surface area contributed by atoms with E-state index in [2.05, 4.69) is 16.2 Å². The Labute approximate surface area is 209 Å². The van der Waals surface area contributed by atoms with E-state index in [0.717, 1.165) is 41.6 Å². The summed E-state index contributed by atoms with van der Waals surface area (Å²) in [5, 5.41) is 2.17. The summed E-state index contributed by atoms with van der Waals surface area (Å²) in [6, 6.07) is 7.33. The normalized spacial score (nSPS) is 13.9. The van der Waals surface area contributed by atoms with Gasteiger partial charge in [0.2, 0.25) is 11.8 Å². The summed E-state index contributed by atoms with van der Waals surface area (Å²) < 4.78 is 5.26. The summed E-state index contributed by atoms with van der Waals surface area (Å²) in [7, 11) is 0. The summed E-state index contributed by atoms with van der Waals surface area (Å²) in [5.41, 5.74) is 6.04. The number of hydrazine groups is 1. The first-order valence-electron chi connectivity index (χ1n) is 11.2. The third-order valence-corrected chi connectivity index (χ3v) is 6.26.